The van der Waals surface area contributed by atoms with Crippen LogP contribution in [0.2, 0.25) is 0 Å². The number of sulfonamides is 1. The summed E-state index contributed by atoms with van der Waals surface area (Å²) in [4.78, 5) is 12.3. The van der Waals surface area contributed by atoms with Crippen molar-refractivity contribution in [3.8, 4) is 0 Å². The first-order valence-electron chi connectivity index (χ1n) is 8.06. The van der Waals surface area contributed by atoms with Crippen molar-refractivity contribution in [1.82, 2.24) is 8.87 Å². The number of aryl methyl sites for hydroxylation is 2. The first-order chi connectivity index (χ1) is 11.3. The molecule has 24 heavy (non-hydrogen) atoms. The second kappa shape index (κ2) is 7.32. The van der Waals surface area contributed by atoms with E-state index in [-0.39, 0.29) is 10.5 Å². The predicted octanol–water partition coefficient (Wildman–Crippen LogP) is 2.54. The molecule has 1 heterocycles. The zero-order chi connectivity index (χ0) is 17.9. The third kappa shape index (κ3) is 3.76. The van der Waals surface area contributed by atoms with Gasteiger partial charge < -0.3 is 4.57 Å². The Morgan fingerprint density at radius 3 is 2.33 bits per heavy atom. The molecule has 0 fully saturated rings. The van der Waals surface area contributed by atoms with Crippen molar-refractivity contribution in [3.05, 3.63) is 63.6 Å². The van der Waals surface area contributed by atoms with Gasteiger partial charge in [-0.25, -0.2) is 8.42 Å². The van der Waals surface area contributed by atoms with Gasteiger partial charge in [0.1, 0.15) is 0 Å². The largest absolute Gasteiger partial charge is 0.310 e. The summed E-state index contributed by atoms with van der Waals surface area (Å²) < 4.78 is 28.1. The van der Waals surface area contributed by atoms with Crippen molar-refractivity contribution in [1.29, 1.82) is 0 Å². The standard InChI is InChI=1S/C18H24N2O3S/c1-5-20(6-2)24(22,23)17-9-10-18(21)19(13-17)12-16-11-14(3)7-8-15(16)4/h7-11,13H,5-6,12H2,1-4H3. The minimum atomic E-state index is -3.58. The zero-order valence-corrected chi connectivity index (χ0v) is 15.4. The lowest BCUT2D eigenvalue weighted by atomic mass is 10.1. The van der Waals surface area contributed by atoms with E-state index in [1.807, 2.05) is 32.0 Å². The van der Waals surface area contributed by atoms with Gasteiger partial charge in [0, 0.05) is 25.4 Å². The van der Waals surface area contributed by atoms with Crippen LogP contribution >= 0.6 is 0 Å². The van der Waals surface area contributed by atoms with Gasteiger partial charge >= 0.3 is 0 Å². The van der Waals surface area contributed by atoms with E-state index >= 15 is 0 Å². The SMILES string of the molecule is CCN(CC)S(=O)(=O)c1ccc(=O)n(Cc2cc(C)ccc2C)c1. The number of rotatable bonds is 6. The van der Waals surface area contributed by atoms with Crippen LogP contribution < -0.4 is 5.56 Å². The van der Waals surface area contributed by atoms with E-state index in [0.717, 1.165) is 16.7 Å². The maximum Gasteiger partial charge on any atom is 0.250 e. The Hall–Kier alpha value is -1.92. The number of nitrogens with zero attached hydrogens (tertiary/aromatic N) is 2. The summed E-state index contributed by atoms with van der Waals surface area (Å²) in [5, 5.41) is 0. The van der Waals surface area contributed by atoms with E-state index in [9.17, 15) is 13.2 Å². The Bertz CT molecular complexity index is 881. The molecule has 130 valence electrons. The first-order valence-corrected chi connectivity index (χ1v) is 9.50. The highest BCUT2D eigenvalue weighted by Gasteiger charge is 2.22. The fraction of sp³-hybridized carbons (Fsp3) is 0.389. The second-order valence-electron chi connectivity index (χ2n) is 5.85. The van der Waals surface area contributed by atoms with Crippen LogP contribution in [0.3, 0.4) is 0 Å². The summed E-state index contributed by atoms with van der Waals surface area (Å²) in [7, 11) is -3.58. The average molecular weight is 348 g/mol. The molecule has 0 spiro atoms. The smallest absolute Gasteiger partial charge is 0.250 e. The van der Waals surface area contributed by atoms with Gasteiger partial charge in [0.25, 0.3) is 5.56 Å². The molecule has 0 radical (unpaired) electrons. The lowest BCUT2D eigenvalue weighted by Crippen LogP contribution is -2.32. The quantitative estimate of drug-likeness (QED) is 0.806. The summed E-state index contributed by atoms with van der Waals surface area (Å²) in [5.41, 5.74) is 2.98. The minimum Gasteiger partial charge on any atom is -0.310 e. The van der Waals surface area contributed by atoms with E-state index in [1.165, 1.54) is 27.2 Å². The van der Waals surface area contributed by atoms with Gasteiger partial charge in [0.05, 0.1) is 11.4 Å². The summed E-state index contributed by atoms with van der Waals surface area (Å²) >= 11 is 0. The van der Waals surface area contributed by atoms with Gasteiger partial charge in [-0.3, -0.25) is 4.79 Å². The zero-order valence-electron chi connectivity index (χ0n) is 14.6. The van der Waals surface area contributed by atoms with Gasteiger partial charge in [-0.05, 0) is 31.0 Å². The topological polar surface area (TPSA) is 59.4 Å². The molecule has 0 N–H and O–H groups in total. The lowest BCUT2D eigenvalue weighted by Gasteiger charge is -2.19. The average Bonchev–Trinajstić information content (AvgIpc) is 2.53. The molecule has 0 atom stereocenters. The molecule has 0 aliphatic heterocycles. The van der Waals surface area contributed by atoms with E-state index < -0.39 is 10.0 Å². The van der Waals surface area contributed by atoms with Gasteiger partial charge in [0.15, 0.2) is 0 Å². The number of aromatic nitrogens is 1. The van der Waals surface area contributed by atoms with Gasteiger partial charge in [-0.15, -0.1) is 0 Å². The molecule has 6 heteroatoms. The number of hydrogen-bond donors (Lipinski definition) is 0. The van der Waals surface area contributed by atoms with Crippen molar-refractivity contribution in [2.75, 3.05) is 13.1 Å². The van der Waals surface area contributed by atoms with E-state index in [4.69, 9.17) is 0 Å². The van der Waals surface area contributed by atoms with Crippen molar-refractivity contribution >= 4 is 10.0 Å². The van der Waals surface area contributed by atoms with Crippen molar-refractivity contribution in [2.45, 2.75) is 39.1 Å². The molecule has 5 nitrogen and oxygen atoms in total. The van der Waals surface area contributed by atoms with Gasteiger partial charge in [-0.2, -0.15) is 4.31 Å². The van der Waals surface area contributed by atoms with Crippen molar-refractivity contribution in [2.24, 2.45) is 0 Å². The van der Waals surface area contributed by atoms with Crippen LogP contribution in [0, 0.1) is 13.8 Å². The summed E-state index contributed by atoms with van der Waals surface area (Å²) in [5.74, 6) is 0. The molecule has 2 aromatic rings. The maximum absolute atomic E-state index is 12.6. The molecule has 0 saturated carbocycles. The molecule has 1 aromatic heterocycles. The number of hydrogen-bond acceptors (Lipinski definition) is 3. The van der Waals surface area contributed by atoms with Crippen LogP contribution in [0.4, 0.5) is 0 Å². The molecule has 0 saturated heterocycles. The second-order valence-corrected chi connectivity index (χ2v) is 7.79. The Morgan fingerprint density at radius 1 is 1.04 bits per heavy atom. The highest BCUT2D eigenvalue weighted by molar-refractivity contribution is 7.89. The Balaban J connectivity index is 2.46. The van der Waals surface area contributed by atoms with Crippen LogP contribution in [-0.2, 0) is 16.6 Å². The van der Waals surface area contributed by atoms with Crippen molar-refractivity contribution in [3.63, 3.8) is 0 Å². The molecular weight excluding hydrogens is 324 g/mol. The van der Waals surface area contributed by atoms with Gasteiger partial charge in [0.2, 0.25) is 10.0 Å². The van der Waals surface area contributed by atoms with E-state index in [2.05, 4.69) is 0 Å². The molecule has 1 aromatic carbocycles. The van der Waals surface area contributed by atoms with E-state index in [0.29, 0.717) is 19.6 Å². The molecule has 0 aliphatic carbocycles. The van der Waals surface area contributed by atoms with Crippen molar-refractivity contribution < 1.29 is 8.42 Å². The summed E-state index contributed by atoms with van der Waals surface area (Å²) in [6, 6.07) is 8.75. The maximum atomic E-state index is 12.6. The number of pyridine rings is 1. The van der Waals surface area contributed by atoms with E-state index in [1.54, 1.807) is 13.8 Å². The number of benzene rings is 1. The fourth-order valence-corrected chi connectivity index (χ4v) is 4.13. The Labute approximate surface area is 143 Å². The molecule has 0 aliphatic rings. The lowest BCUT2D eigenvalue weighted by molar-refractivity contribution is 0.444. The first kappa shape index (κ1) is 18.4. The highest BCUT2D eigenvalue weighted by atomic mass is 32.2. The fourth-order valence-electron chi connectivity index (χ4n) is 2.65. The summed E-state index contributed by atoms with van der Waals surface area (Å²) in [6.45, 7) is 8.72. The minimum absolute atomic E-state index is 0.149. The molecular formula is C18H24N2O3S. The normalized spacial score (nSPS) is 11.9. The van der Waals surface area contributed by atoms with Gasteiger partial charge in [-0.1, -0.05) is 37.6 Å². The molecule has 0 amide bonds. The predicted molar refractivity (Wildman–Crippen MR) is 95.8 cm³/mol. The third-order valence-electron chi connectivity index (χ3n) is 4.14. The Morgan fingerprint density at radius 2 is 1.71 bits per heavy atom. The summed E-state index contributed by atoms with van der Waals surface area (Å²) in [6.07, 6.45) is 1.44. The van der Waals surface area contributed by atoms with Crippen LogP contribution in [0.1, 0.15) is 30.5 Å². The monoisotopic (exact) mass is 348 g/mol. The van der Waals surface area contributed by atoms with Crippen LogP contribution in [0.25, 0.3) is 0 Å². The molecule has 0 bridgehead atoms. The van der Waals surface area contributed by atoms with Crippen LogP contribution in [0.5, 0.6) is 0 Å². The third-order valence-corrected chi connectivity index (χ3v) is 6.18. The van der Waals surface area contributed by atoms with Crippen LogP contribution in [0.15, 0.2) is 46.2 Å². The molecule has 0 unspecified atom stereocenters. The molecule has 2 rings (SSSR count). The van der Waals surface area contributed by atoms with Crippen LogP contribution in [-0.4, -0.2) is 30.4 Å². The highest BCUT2D eigenvalue weighted by Crippen LogP contribution is 2.16. The Kier molecular flexibility index (Phi) is 5.62.